The molecule has 0 saturated carbocycles. The first kappa shape index (κ1) is 17.9. The molecule has 2 N–H and O–H groups in total. The fraction of sp³-hybridized carbons (Fsp3) is 0.174. The molecule has 4 aromatic heterocycles. The van der Waals surface area contributed by atoms with Crippen molar-refractivity contribution in [2.45, 2.75) is 0 Å². The molecule has 0 amide bonds. The summed E-state index contributed by atoms with van der Waals surface area (Å²) in [4.78, 5) is 14.9. The van der Waals surface area contributed by atoms with Gasteiger partial charge in [0.25, 0.3) is 0 Å². The van der Waals surface area contributed by atoms with Crippen molar-refractivity contribution in [1.82, 2.24) is 24.6 Å². The summed E-state index contributed by atoms with van der Waals surface area (Å²) in [5.41, 5.74) is 4.88. The standard InChI is InChI=1S/C23H21N7O/c1-2-17(13-19-16(1)5-7-24-19)20-14-23(30-22(27-20)6-8-26-30)28-21-4-3-18(15-25-21)29-9-11-31-12-10-29/h1-8,13-15,24H,9-12H2,(H,25,28). The number of fused-ring (bicyclic) bond motifs is 2. The summed E-state index contributed by atoms with van der Waals surface area (Å²) in [6.07, 6.45) is 5.59. The minimum Gasteiger partial charge on any atom is -0.378 e. The van der Waals surface area contributed by atoms with E-state index in [1.165, 1.54) is 5.39 Å². The van der Waals surface area contributed by atoms with Crippen LogP contribution in [0.2, 0.25) is 0 Å². The summed E-state index contributed by atoms with van der Waals surface area (Å²) in [5, 5.41) is 9.00. The van der Waals surface area contributed by atoms with Gasteiger partial charge in [0.15, 0.2) is 5.65 Å². The number of rotatable bonds is 4. The summed E-state index contributed by atoms with van der Waals surface area (Å²) in [7, 11) is 0. The molecule has 5 aromatic rings. The third-order valence-corrected chi connectivity index (χ3v) is 5.59. The summed E-state index contributed by atoms with van der Waals surface area (Å²) < 4.78 is 7.22. The van der Waals surface area contributed by atoms with Gasteiger partial charge in [-0.2, -0.15) is 9.61 Å². The van der Waals surface area contributed by atoms with Crippen LogP contribution >= 0.6 is 0 Å². The third-order valence-electron chi connectivity index (χ3n) is 5.59. The molecule has 6 rings (SSSR count). The molecular weight excluding hydrogens is 390 g/mol. The Kier molecular flexibility index (Phi) is 4.28. The summed E-state index contributed by atoms with van der Waals surface area (Å²) in [6.45, 7) is 3.29. The van der Waals surface area contributed by atoms with E-state index >= 15 is 0 Å². The highest BCUT2D eigenvalue weighted by atomic mass is 16.5. The Hall–Kier alpha value is -3.91. The van der Waals surface area contributed by atoms with Gasteiger partial charge in [-0.3, -0.25) is 0 Å². The van der Waals surface area contributed by atoms with Crippen LogP contribution in [0, 0.1) is 0 Å². The van der Waals surface area contributed by atoms with Crippen LogP contribution in [0.4, 0.5) is 17.3 Å². The summed E-state index contributed by atoms with van der Waals surface area (Å²) in [5.74, 6) is 1.56. The van der Waals surface area contributed by atoms with Crippen LogP contribution in [0.25, 0.3) is 27.8 Å². The Labute approximate surface area is 178 Å². The lowest BCUT2D eigenvalue weighted by Crippen LogP contribution is -2.36. The van der Waals surface area contributed by atoms with Gasteiger partial charge in [0.2, 0.25) is 0 Å². The third kappa shape index (κ3) is 3.36. The Morgan fingerprint density at radius 2 is 1.94 bits per heavy atom. The quantitative estimate of drug-likeness (QED) is 0.467. The van der Waals surface area contributed by atoms with Crippen LogP contribution in [0.5, 0.6) is 0 Å². The highest BCUT2D eigenvalue weighted by Crippen LogP contribution is 2.27. The average Bonchev–Trinajstić information content (AvgIpc) is 3.49. The first-order chi connectivity index (χ1) is 15.3. The first-order valence-electron chi connectivity index (χ1n) is 10.3. The molecule has 31 heavy (non-hydrogen) atoms. The van der Waals surface area contributed by atoms with E-state index in [9.17, 15) is 0 Å². The zero-order valence-electron chi connectivity index (χ0n) is 16.8. The normalized spacial score (nSPS) is 14.4. The second-order valence-corrected chi connectivity index (χ2v) is 7.53. The van der Waals surface area contributed by atoms with Gasteiger partial charge in [-0.05, 0) is 29.7 Å². The van der Waals surface area contributed by atoms with Gasteiger partial charge < -0.3 is 19.9 Å². The molecule has 0 radical (unpaired) electrons. The minimum atomic E-state index is 0.755. The molecule has 1 saturated heterocycles. The number of aromatic amines is 1. The summed E-state index contributed by atoms with van der Waals surface area (Å²) >= 11 is 0. The van der Waals surface area contributed by atoms with E-state index in [1.807, 2.05) is 30.6 Å². The minimum absolute atomic E-state index is 0.755. The number of nitrogens with zero attached hydrogens (tertiary/aromatic N) is 5. The largest absolute Gasteiger partial charge is 0.378 e. The maximum absolute atomic E-state index is 5.43. The van der Waals surface area contributed by atoms with E-state index in [1.54, 1.807) is 10.7 Å². The molecule has 5 heterocycles. The molecule has 0 aliphatic carbocycles. The van der Waals surface area contributed by atoms with E-state index in [-0.39, 0.29) is 0 Å². The summed E-state index contributed by atoms with van der Waals surface area (Å²) in [6, 6.07) is 16.3. The molecule has 1 aliphatic heterocycles. The lowest BCUT2D eigenvalue weighted by atomic mass is 10.1. The molecule has 8 heteroatoms. The van der Waals surface area contributed by atoms with Crippen molar-refractivity contribution in [1.29, 1.82) is 0 Å². The Balaban J connectivity index is 1.33. The molecule has 0 spiro atoms. The van der Waals surface area contributed by atoms with Crippen molar-refractivity contribution >= 4 is 33.9 Å². The molecule has 0 bridgehead atoms. The van der Waals surface area contributed by atoms with Crippen LogP contribution in [-0.4, -0.2) is 50.9 Å². The number of benzene rings is 1. The monoisotopic (exact) mass is 411 g/mol. The van der Waals surface area contributed by atoms with Gasteiger partial charge in [-0.1, -0.05) is 12.1 Å². The smallest absolute Gasteiger partial charge is 0.157 e. The van der Waals surface area contributed by atoms with E-state index in [0.717, 1.165) is 66.0 Å². The SMILES string of the molecule is c1cc2nc(-c3ccc4cc[nH]c4c3)cc(Nc3ccc(N4CCOCC4)cn3)n2n1. The van der Waals surface area contributed by atoms with Gasteiger partial charge in [-0.15, -0.1) is 0 Å². The van der Waals surface area contributed by atoms with Crippen LogP contribution in [0.3, 0.4) is 0 Å². The number of hydrogen-bond donors (Lipinski definition) is 2. The predicted octanol–water partition coefficient (Wildman–Crippen LogP) is 3.85. The highest BCUT2D eigenvalue weighted by molar-refractivity contribution is 5.84. The zero-order chi connectivity index (χ0) is 20.6. The Morgan fingerprint density at radius 1 is 1.00 bits per heavy atom. The van der Waals surface area contributed by atoms with Gasteiger partial charge in [-0.25, -0.2) is 9.97 Å². The molecule has 1 fully saturated rings. The zero-order valence-corrected chi connectivity index (χ0v) is 16.8. The Bertz CT molecular complexity index is 1350. The first-order valence-corrected chi connectivity index (χ1v) is 10.3. The van der Waals surface area contributed by atoms with Crippen molar-refractivity contribution in [3.8, 4) is 11.3 Å². The van der Waals surface area contributed by atoms with Gasteiger partial charge in [0.05, 0.1) is 37.0 Å². The van der Waals surface area contributed by atoms with Crippen LogP contribution in [-0.2, 0) is 4.74 Å². The molecule has 1 aliphatic rings. The van der Waals surface area contributed by atoms with Crippen LogP contribution < -0.4 is 10.2 Å². The van der Waals surface area contributed by atoms with Crippen molar-refractivity contribution in [2.24, 2.45) is 0 Å². The maximum Gasteiger partial charge on any atom is 0.157 e. The number of morpholine rings is 1. The van der Waals surface area contributed by atoms with E-state index in [2.05, 4.69) is 55.6 Å². The van der Waals surface area contributed by atoms with E-state index in [4.69, 9.17) is 9.72 Å². The van der Waals surface area contributed by atoms with Crippen molar-refractivity contribution in [3.63, 3.8) is 0 Å². The molecule has 0 atom stereocenters. The number of H-pyrrole nitrogens is 1. The van der Waals surface area contributed by atoms with Crippen molar-refractivity contribution < 1.29 is 4.74 Å². The molecule has 1 aromatic carbocycles. The number of pyridine rings is 1. The average molecular weight is 411 g/mol. The van der Waals surface area contributed by atoms with Crippen molar-refractivity contribution in [2.75, 3.05) is 36.5 Å². The molecular formula is C23H21N7O. The molecule has 154 valence electrons. The second kappa shape index (κ2) is 7.41. The number of aromatic nitrogens is 5. The van der Waals surface area contributed by atoms with Gasteiger partial charge in [0.1, 0.15) is 11.6 Å². The van der Waals surface area contributed by atoms with Crippen LogP contribution in [0.1, 0.15) is 0 Å². The van der Waals surface area contributed by atoms with E-state index < -0.39 is 0 Å². The number of nitrogens with one attached hydrogen (secondary N) is 2. The van der Waals surface area contributed by atoms with Crippen LogP contribution in [0.15, 0.2) is 67.1 Å². The lowest BCUT2D eigenvalue weighted by Gasteiger charge is -2.28. The fourth-order valence-corrected chi connectivity index (χ4v) is 3.96. The number of anilines is 3. The van der Waals surface area contributed by atoms with Gasteiger partial charge in [0, 0.05) is 42.5 Å². The molecule has 8 nitrogen and oxygen atoms in total. The van der Waals surface area contributed by atoms with Crippen molar-refractivity contribution in [3.05, 3.63) is 67.1 Å². The fourth-order valence-electron chi connectivity index (χ4n) is 3.96. The maximum atomic E-state index is 5.43. The number of ether oxygens (including phenoxy) is 1. The Morgan fingerprint density at radius 3 is 2.81 bits per heavy atom. The van der Waals surface area contributed by atoms with Gasteiger partial charge >= 0.3 is 0 Å². The lowest BCUT2D eigenvalue weighted by molar-refractivity contribution is 0.122. The highest BCUT2D eigenvalue weighted by Gasteiger charge is 2.13. The predicted molar refractivity (Wildman–Crippen MR) is 121 cm³/mol. The second-order valence-electron chi connectivity index (χ2n) is 7.53. The van der Waals surface area contributed by atoms with E-state index in [0.29, 0.717) is 0 Å². The molecule has 0 unspecified atom stereocenters. The topological polar surface area (TPSA) is 83.4 Å². The number of hydrogen-bond acceptors (Lipinski definition) is 6.